The largest absolute Gasteiger partial charge is 0.467 e. The summed E-state index contributed by atoms with van der Waals surface area (Å²) in [6.45, 7) is 3.68. The molecule has 2 aromatic rings. The second kappa shape index (κ2) is 6.35. The minimum Gasteiger partial charge on any atom is -0.467 e. The molecule has 21 heavy (non-hydrogen) atoms. The van der Waals surface area contributed by atoms with Crippen LogP contribution in [0.1, 0.15) is 25.5 Å². The molecule has 0 aliphatic heterocycles. The molecule has 110 valence electrons. The molecule has 5 nitrogen and oxygen atoms in total. The van der Waals surface area contributed by atoms with Crippen molar-refractivity contribution in [2.24, 2.45) is 0 Å². The average Bonchev–Trinajstić information content (AvgIpc) is 2.54. The standard InChI is InChI=1S/C16H18N2O3/c1-4-12-5-7-13(8-6-12)14-9-10-15(19)18(17-14)11(2)16(20)21-3/h5-11H,4H2,1-3H3/t11-/m0/s1. The first-order valence-electron chi connectivity index (χ1n) is 6.83. The maximum Gasteiger partial charge on any atom is 0.330 e. The van der Waals surface area contributed by atoms with E-state index in [1.165, 1.54) is 18.7 Å². The molecule has 1 aromatic heterocycles. The molecular weight excluding hydrogens is 268 g/mol. The molecular formula is C16H18N2O3. The molecule has 0 saturated carbocycles. The Morgan fingerprint density at radius 1 is 1.24 bits per heavy atom. The molecule has 5 heteroatoms. The van der Waals surface area contributed by atoms with Gasteiger partial charge in [0.15, 0.2) is 6.04 Å². The highest BCUT2D eigenvalue weighted by Crippen LogP contribution is 2.17. The molecule has 0 amide bonds. The van der Waals surface area contributed by atoms with Crippen LogP contribution in [-0.2, 0) is 16.0 Å². The van der Waals surface area contributed by atoms with E-state index in [4.69, 9.17) is 0 Å². The number of methoxy groups -OCH3 is 1. The first-order chi connectivity index (χ1) is 10.1. The quantitative estimate of drug-likeness (QED) is 0.808. The van der Waals surface area contributed by atoms with Crippen LogP contribution in [0.3, 0.4) is 0 Å². The third-order valence-electron chi connectivity index (χ3n) is 3.39. The molecule has 1 aromatic carbocycles. The molecule has 2 rings (SSSR count). The van der Waals surface area contributed by atoms with E-state index >= 15 is 0 Å². The summed E-state index contributed by atoms with van der Waals surface area (Å²) in [5, 5.41) is 4.27. The summed E-state index contributed by atoms with van der Waals surface area (Å²) in [5.74, 6) is -0.497. The minimum absolute atomic E-state index is 0.332. The van der Waals surface area contributed by atoms with Crippen LogP contribution >= 0.6 is 0 Å². The van der Waals surface area contributed by atoms with Gasteiger partial charge >= 0.3 is 5.97 Å². The first kappa shape index (κ1) is 15.0. The van der Waals surface area contributed by atoms with Crippen LogP contribution in [0.5, 0.6) is 0 Å². The normalized spacial score (nSPS) is 12.0. The van der Waals surface area contributed by atoms with Crippen molar-refractivity contribution in [2.45, 2.75) is 26.3 Å². The van der Waals surface area contributed by atoms with E-state index in [1.54, 1.807) is 13.0 Å². The lowest BCUT2D eigenvalue weighted by molar-refractivity contribution is -0.144. The van der Waals surface area contributed by atoms with Gasteiger partial charge in [0, 0.05) is 11.6 Å². The van der Waals surface area contributed by atoms with Crippen molar-refractivity contribution in [1.82, 2.24) is 9.78 Å². The number of carbonyl (C=O) groups is 1. The summed E-state index contributed by atoms with van der Waals surface area (Å²) in [4.78, 5) is 23.4. The number of hydrogen-bond acceptors (Lipinski definition) is 4. The van der Waals surface area contributed by atoms with Crippen LogP contribution in [-0.4, -0.2) is 22.9 Å². The molecule has 0 N–H and O–H groups in total. The van der Waals surface area contributed by atoms with E-state index < -0.39 is 12.0 Å². The molecule has 1 heterocycles. The number of ether oxygens (including phenoxy) is 1. The number of aryl methyl sites for hydroxylation is 1. The second-order valence-corrected chi connectivity index (χ2v) is 4.75. The molecule has 0 aliphatic rings. The van der Waals surface area contributed by atoms with Gasteiger partial charge in [0.25, 0.3) is 5.56 Å². The fourth-order valence-corrected chi connectivity index (χ4v) is 2.04. The van der Waals surface area contributed by atoms with E-state index in [-0.39, 0.29) is 5.56 Å². The van der Waals surface area contributed by atoms with Gasteiger partial charge in [-0.05, 0) is 25.0 Å². The van der Waals surface area contributed by atoms with E-state index in [1.807, 2.05) is 24.3 Å². The number of benzene rings is 1. The first-order valence-corrected chi connectivity index (χ1v) is 6.83. The lowest BCUT2D eigenvalue weighted by atomic mass is 10.1. The Bertz CT molecular complexity index is 689. The minimum atomic E-state index is -0.752. The SMILES string of the molecule is CCc1ccc(-c2ccc(=O)n([C@@H](C)C(=O)OC)n2)cc1. The number of esters is 1. The molecule has 0 unspecified atom stereocenters. The summed E-state index contributed by atoms with van der Waals surface area (Å²) in [7, 11) is 1.29. The predicted molar refractivity (Wildman–Crippen MR) is 80.0 cm³/mol. The van der Waals surface area contributed by atoms with Gasteiger partial charge in [-0.1, -0.05) is 31.2 Å². The fourth-order valence-electron chi connectivity index (χ4n) is 2.04. The summed E-state index contributed by atoms with van der Waals surface area (Å²) >= 11 is 0. The summed E-state index contributed by atoms with van der Waals surface area (Å²) in [6, 6.07) is 10.3. The van der Waals surface area contributed by atoms with Crippen molar-refractivity contribution in [3.63, 3.8) is 0 Å². The van der Waals surface area contributed by atoms with Crippen LogP contribution in [0, 0.1) is 0 Å². The van der Waals surface area contributed by atoms with E-state index in [9.17, 15) is 9.59 Å². The highest BCUT2D eigenvalue weighted by Gasteiger charge is 2.18. The van der Waals surface area contributed by atoms with E-state index in [0.29, 0.717) is 5.69 Å². The Morgan fingerprint density at radius 3 is 2.48 bits per heavy atom. The predicted octanol–water partition coefficient (Wildman–Crippen LogP) is 2.21. The zero-order chi connectivity index (χ0) is 15.4. The number of nitrogens with zero attached hydrogens (tertiary/aromatic N) is 2. The summed E-state index contributed by atoms with van der Waals surface area (Å²) < 4.78 is 5.81. The Hall–Kier alpha value is -2.43. The highest BCUT2D eigenvalue weighted by atomic mass is 16.5. The van der Waals surface area contributed by atoms with Crippen molar-refractivity contribution >= 4 is 5.97 Å². The van der Waals surface area contributed by atoms with Gasteiger partial charge in [0.1, 0.15) is 0 Å². The number of aromatic nitrogens is 2. The molecule has 0 radical (unpaired) electrons. The molecule has 1 atom stereocenters. The molecule has 0 aliphatic carbocycles. The van der Waals surface area contributed by atoms with Crippen LogP contribution in [0.25, 0.3) is 11.3 Å². The zero-order valence-electron chi connectivity index (χ0n) is 12.4. The third-order valence-corrected chi connectivity index (χ3v) is 3.39. The van der Waals surface area contributed by atoms with Gasteiger partial charge in [0.2, 0.25) is 0 Å². The van der Waals surface area contributed by atoms with Crippen LogP contribution in [0.2, 0.25) is 0 Å². The third kappa shape index (κ3) is 3.18. The zero-order valence-corrected chi connectivity index (χ0v) is 12.4. The van der Waals surface area contributed by atoms with Crippen molar-refractivity contribution in [3.8, 4) is 11.3 Å². The fraction of sp³-hybridized carbons (Fsp3) is 0.312. The lowest BCUT2D eigenvalue weighted by Gasteiger charge is -2.12. The maximum absolute atomic E-state index is 11.9. The van der Waals surface area contributed by atoms with Gasteiger partial charge in [0.05, 0.1) is 12.8 Å². The Labute approximate surface area is 123 Å². The van der Waals surface area contributed by atoms with Crippen molar-refractivity contribution in [3.05, 3.63) is 52.3 Å². The lowest BCUT2D eigenvalue weighted by Crippen LogP contribution is -2.30. The topological polar surface area (TPSA) is 61.2 Å². The number of hydrogen-bond donors (Lipinski definition) is 0. The van der Waals surface area contributed by atoms with Gasteiger partial charge in [-0.15, -0.1) is 0 Å². The molecule has 0 spiro atoms. The van der Waals surface area contributed by atoms with E-state index in [0.717, 1.165) is 16.7 Å². The van der Waals surface area contributed by atoms with Crippen LogP contribution in [0.4, 0.5) is 0 Å². The van der Waals surface area contributed by atoms with Crippen molar-refractivity contribution < 1.29 is 9.53 Å². The van der Waals surface area contributed by atoms with Gasteiger partial charge < -0.3 is 4.74 Å². The van der Waals surface area contributed by atoms with Gasteiger partial charge in [-0.2, -0.15) is 5.10 Å². The van der Waals surface area contributed by atoms with Crippen molar-refractivity contribution in [1.29, 1.82) is 0 Å². The van der Waals surface area contributed by atoms with Gasteiger partial charge in [-0.3, -0.25) is 4.79 Å². The summed E-state index contributed by atoms with van der Waals surface area (Å²) in [5.41, 5.74) is 2.45. The Balaban J connectivity index is 2.42. The van der Waals surface area contributed by atoms with E-state index in [2.05, 4.69) is 16.8 Å². The summed E-state index contributed by atoms with van der Waals surface area (Å²) in [6.07, 6.45) is 0.965. The smallest absolute Gasteiger partial charge is 0.330 e. The average molecular weight is 286 g/mol. The Kier molecular flexibility index (Phi) is 4.52. The van der Waals surface area contributed by atoms with Crippen LogP contribution in [0.15, 0.2) is 41.2 Å². The number of carbonyl (C=O) groups excluding carboxylic acids is 1. The molecule has 0 saturated heterocycles. The molecule has 0 bridgehead atoms. The van der Waals surface area contributed by atoms with Gasteiger partial charge in [-0.25, -0.2) is 9.48 Å². The second-order valence-electron chi connectivity index (χ2n) is 4.75. The number of rotatable bonds is 4. The highest BCUT2D eigenvalue weighted by molar-refractivity contribution is 5.73. The monoisotopic (exact) mass is 286 g/mol. The van der Waals surface area contributed by atoms with Crippen LogP contribution < -0.4 is 5.56 Å². The molecule has 0 fully saturated rings. The maximum atomic E-state index is 11.9. The van der Waals surface area contributed by atoms with Crippen molar-refractivity contribution in [2.75, 3.05) is 7.11 Å². The Morgan fingerprint density at radius 2 is 1.90 bits per heavy atom.